The number of hydrogen-bond acceptors (Lipinski definition) is 3. The number of hydrogen-bond donors (Lipinski definition) is 1. The van der Waals surface area contributed by atoms with Crippen molar-refractivity contribution < 1.29 is 4.79 Å². The zero-order valence-electron chi connectivity index (χ0n) is 11.0. The van der Waals surface area contributed by atoms with E-state index in [1.165, 1.54) is 16.9 Å². The summed E-state index contributed by atoms with van der Waals surface area (Å²) in [6.45, 7) is 6.10. The zero-order valence-corrected chi connectivity index (χ0v) is 11.8. The Hall–Kier alpha value is -1.42. The summed E-state index contributed by atoms with van der Waals surface area (Å²) in [5.41, 5.74) is 2.16. The quantitative estimate of drug-likeness (QED) is 0.905. The van der Waals surface area contributed by atoms with Crippen LogP contribution < -0.4 is 5.32 Å². The molecule has 1 aromatic heterocycles. The normalized spacial score (nSPS) is 12.6. The Balaban J connectivity index is 2.14. The molecule has 1 amide bonds. The molecule has 3 nitrogen and oxygen atoms in total. The molecule has 96 valence electrons. The van der Waals surface area contributed by atoms with Crippen LogP contribution in [0.3, 0.4) is 0 Å². The molecule has 18 heavy (non-hydrogen) atoms. The predicted molar refractivity (Wildman–Crippen MR) is 77.1 cm³/mol. The number of aryl methyl sites for hydroxylation is 1. The molecule has 1 aromatic carbocycles. The van der Waals surface area contributed by atoms with Gasteiger partial charge in [-0.2, -0.15) is 0 Å². The van der Waals surface area contributed by atoms with Gasteiger partial charge >= 0.3 is 0 Å². The van der Waals surface area contributed by atoms with Gasteiger partial charge in [0.25, 0.3) is 0 Å². The summed E-state index contributed by atoms with van der Waals surface area (Å²) in [4.78, 5) is 16.3. The predicted octanol–water partition coefficient (Wildman–Crippen LogP) is 3.98. The molecule has 2 rings (SSSR count). The minimum absolute atomic E-state index is 0.0451. The monoisotopic (exact) mass is 262 g/mol. The van der Waals surface area contributed by atoms with Crippen LogP contribution in [0, 0.1) is 12.8 Å². The Kier molecular flexibility index (Phi) is 3.97. The second-order valence-electron chi connectivity index (χ2n) is 4.67. The summed E-state index contributed by atoms with van der Waals surface area (Å²) in [5, 5.41) is 3.60. The highest BCUT2D eigenvalue weighted by Gasteiger charge is 2.14. The van der Waals surface area contributed by atoms with Gasteiger partial charge in [0, 0.05) is 5.92 Å². The highest BCUT2D eigenvalue weighted by molar-refractivity contribution is 7.22. The number of nitrogens with one attached hydrogen (secondary N) is 1. The maximum absolute atomic E-state index is 11.9. The van der Waals surface area contributed by atoms with Crippen molar-refractivity contribution in [1.29, 1.82) is 0 Å². The molecule has 0 saturated carbocycles. The number of rotatable bonds is 4. The fourth-order valence-electron chi connectivity index (χ4n) is 1.88. The Morgan fingerprint density at radius 1 is 1.50 bits per heavy atom. The van der Waals surface area contributed by atoms with Crippen LogP contribution in [0.4, 0.5) is 5.13 Å². The fourth-order valence-corrected chi connectivity index (χ4v) is 2.84. The number of benzene rings is 1. The van der Waals surface area contributed by atoms with Gasteiger partial charge in [0.1, 0.15) is 0 Å². The lowest BCUT2D eigenvalue weighted by molar-refractivity contribution is -0.119. The van der Waals surface area contributed by atoms with Crippen LogP contribution in [0.5, 0.6) is 0 Å². The smallest absolute Gasteiger partial charge is 0.228 e. The number of carbonyl (C=O) groups is 1. The second-order valence-corrected chi connectivity index (χ2v) is 5.70. The molecule has 1 heterocycles. The van der Waals surface area contributed by atoms with Crippen LogP contribution in [0.25, 0.3) is 10.2 Å². The summed E-state index contributed by atoms with van der Waals surface area (Å²) in [6.07, 6.45) is 1.93. The lowest BCUT2D eigenvalue weighted by Gasteiger charge is -2.08. The van der Waals surface area contributed by atoms with Crippen LogP contribution >= 0.6 is 11.3 Å². The van der Waals surface area contributed by atoms with E-state index in [1.807, 2.05) is 19.1 Å². The van der Waals surface area contributed by atoms with E-state index in [4.69, 9.17) is 0 Å². The molecule has 1 N–H and O–H groups in total. The average molecular weight is 262 g/mol. The van der Waals surface area contributed by atoms with Gasteiger partial charge in [-0.15, -0.1) is 0 Å². The molecular formula is C14H18N2OS. The number of anilines is 1. The summed E-state index contributed by atoms with van der Waals surface area (Å²) in [5.74, 6) is 0.108. The van der Waals surface area contributed by atoms with Gasteiger partial charge in [-0.25, -0.2) is 4.98 Å². The third kappa shape index (κ3) is 2.88. The van der Waals surface area contributed by atoms with Crippen molar-refractivity contribution in [2.24, 2.45) is 5.92 Å². The Bertz CT molecular complexity index is 562. The van der Waals surface area contributed by atoms with Crippen molar-refractivity contribution in [3.05, 3.63) is 23.8 Å². The van der Waals surface area contributed by atoms with E-state index in [9.17, 15) is 4.79 Å². The molecule has 1 atom stereocenters. The van der Waals surface area contributed by atoms with E-state index in [0.717, 1.165) is 23.1 Å². The van der Waals surface area contributed by atoms with Crippen LogP contribution in [0.15, 0.2) is 18.2 Å². The summed E-state index contributed by atoms with van der Waals surface area (Å²) in [7, 11) is 0. The van der Waals surface area contributed by atoms with Crippen LogP contribution in [0.2, 0.25) is 0 Å². The first-order valence-electron chi connectivity index (χ1n) is 6.28. The molecule has 0 saturated heterocycles. The molecule has 0 aliphatic carbocycles. The molecule has 0 aliphatic rings. The first kappa shape index (κ1) is 13.0. The minimum atomic E-state index is 0.0451. The topological polar surface area (TPSA) is 42.0 Å². The molecule has 4 heteroatoms. The van der Waals surface area contributed by atoms with Crippen molar-refractivity contribution >= 4 is 32.6 Å². The van der Waals surface area contributed by atoms with E-state index in [1.54, 1.807) is 0 Å². The maximum Gasteiger partial charge on any atom is 0.228 e. The van der Waals surface area contributed by atoms with Crippen LogP contribution in [0.1, 0.15) is 32.3 Å². The summed E-state index contributed by atoms with van der Waals surface area (Å²) >= 11 is 1.53. The standard InChI is InChI=1S/C14H18N2OS/c1-4-5-10(3)13(17)16-14-15-11-7-6-9(2)8-12(11)18-14/h6-8,10H,4-5H2,1-3H3,(H,15,16,17)/t10-/m0/s1. The van der Waals surface area contributed by atoms with Crippen molar-refractivity contribution in [3.8, 4) is 0 Å². The van der Waals surface area contributed by atoms with Crippen molar-refractivity contribution in [2.45, 2.75) is 33.6 Å². The minimum Gasteiger partial charge on any atom is -0.302 e. The number of nitrogens with zero attached hydrogens (tertiary/aromatic N) is 1. The van der Waals surface area contributed by atoms with Gasteiger partial charge in [-0.3, -0.25) is 4.79 Å². The molecule has 0 bridgehead atoms. The average Bonchev–Trinajstić information content (AvgIpc) is 2.70. The number of fused-ring (bicyclic) bond motifs is 1. The zero-order chi connectivity index (χ0) is 13.1. The van der Waals surface area contributed by atoms with E-state index < -0.39 is 0 Å². The van der Waals surface area contributed by atoms with Gasteiger partial charge in [0.15, 0.2) is 5.13 Å². The largest absolute Gasteiger partial charge is 0.302 e. The number of amides is 1. The summed E-state index contributed by atoms with van der Waals surface area (Å²) < 4.78 is 1.12. The Morgan fingerprint density at radius 2 is 2.28 bits per heavy atom. The first-order valence-corrected chi connectivity index (χ1v) is 7.10. The van der Waals surface area contributed by atoms with E-state index >= 15 is 0 Å². The van der Waals surface area contributed by atoms with Crippen LogP contribution in [-0.2, 0) is 4.79 Å². The highest BCUT2D eigenvalue weighted by atomic mass is 32.1. The molecular weight excluding hydrogens is 244 g/mol. The SMILES string of the molecule is CCC[C@H](C)C(=O)Nc1nc2ccc(C)cc2s1. The first-order chi connectivity index (χ1) is 8.60. The van der Waals surface area contributed by atoms with E-state index in [0.29, 0.717) is 5.13 Å². The number of thiazole rings is 1. The molecule has 0 spiro atoms. The molecule has 0 fully saturated rings. The van der Waals surface area contributed by atoms with Crippen molar-refractivity contribution in [1.82, 2.24) is 4.98 Å². The van der Waals surface area contributed by atoms with Gasteiger partial charge < -0.3 is 5.32 Å². The fraction of sp³-hybridized carbons (Fsp3) is 0.429. The van der Waals surface area contributed by atoms with E-state index in [2.05, 4.69) is 30.2 Å². The third-order valence-electron chi connectivity index (χ3n) is 2.94. The molecule has 0 aliphatic heterocycles. The Morgan fingerprint density at radius 3 is 3.00 bits per heavy atom. The molecule has 2 aromatic rings. The van der Waals surface area contributed by atoms with Crippen molar-refractivity contribution in [2.75, 3.05) is 5.32 Å². The van der Waals surface area contributed by atoms with Gasteiger partial charge in [0.05, 0.1) is 10.2 Å². The second kappa shape index (κ2) is 5.48. The van der Waals surface area contributed by atoms with Crippen LogP contribution in [-0.4, -0.2) is 10.9 Å². The third-order valence-corrected chi connectivity index (χ3v) is 3.88. The maximum atomic E-state index is 11.9. The highest BCUT2D eigenvalue weighted by Crippen LogP contribution is 2.27. The van der Waals surface area contributed by atoms with Gasteiger partial charge in [-0.05, 0) is 31.0 Å². The number of aromatic nitrogens is 1. The van der Waals surface area contributed by atoms with Crippen molar-refractivity contribution in [3.63, 3.8) is 0 Å². The van der Waals surface area contributed by atoms with E-state index in [-0.39, 0.29) is 11.8 Å². The summed E-state index contributed by atoms with van der Waals surface area (Å²) in [6, 6.07) is 6.12. The van der Waals surface area contributed by atoms with Gasteiger partial charge in [-0.1, -0.05) is 37.7 Å². The van der Waals surface area contributed by atoms with Gasteiger partial charge in [0.2, 0.25) is 5.91 Å². The number of carbonyl (C=O) groups excluding carboxylic acids is 1. The lowest BCUT2D eigenvalue weighted by atomic mass is 10.1. The molecule has 0 radical (unpaired) electrons. The Labute approximate surface area is 111 Å². The molecule has 0 unspecified atom stereocenters. The lowest BCUT2D eigenvalue weighted by Crippen LogP contribution is -2.19.